The Kier molecular flexibility index (Phi) is 5.86. The Bertz CT molecular complexity index is 851. The molecule has 0 spiro atoms. The molecule has 0 unspecified atom stereocenters. The van der Waals surface area contributed by atoms with E-state index in [2.05, 4.69) is 26.6 Å². The zero-order chi connectivity index (χ0) is 17.5. The highest BCUT2D eigenvalue weighted by Crippen LogP contribution is 2.27. The lowest BCUT2D eigenvalue weighted by Crippen LogP contribution is -1.95. The molecule has 2 aromatic heterocycles. The van der Waals surface area contributed by atoms with Gasteiger partial charge >= 0.3 is 0 Å². The maximum Gasteiger partial charge on any atom is 0.205 e. The molecule has 1 aromatic carbocycles. The topological polar surface area (TPSA) is 85.4 Å². The molecule has 0 amide bonds. The summed E-state index contributed by atoms with van der Waals surface area (Å²) >= 11 is 3.07. The lowest BCUT2D eigenvalue weighted by molar-refractivity contribution is 0.411. The summed E-state index contributed by atoms with van der Waals surface area (Å²) in [5, 5.41) is 7.60. The number of hydrogen-bond acceptors (Lipinski definition) is 8. The van der Waals surface area contributed by atoms with Gasteiger partial charge in [0.2, 0.25) is 5.13 Å². The van der Waals surface area contributed by atoms with Crippen LogP contribution in [0.15, 0.2) is 58.1 Å². The van der Waals surface area contributed by atoms with Crippen molar-refractivity contribution in [2.24, 2.45) is 5.10 Å². The van der Waals surface area contributed by atoms with Gasteiger partial charge in [-0.1, -0.05) is 6.07 Å². The number of nitrogens with one attached hydrogen (secondary N) is 1. The highest BCUT2D eigenvalue weighted by atomic mass is 32.2. The second-order valence-corrected chi connectivity index (χ2v) is 6.83. The van der Waals surface area contributed by atoms with Gasteiger partial charge in [-0.3, -0.25) is 5.43 Å². The molecule has 0 aliphatic rings. The lowest BCUT2D eigenvalue weighted by atomic mass is 10.1. The monoisotopic (exact) mass is 371 g/mol. The first-order chi connectivity index (χ1) is 12.2. The van der Waals surface area contributed by atoms with E-state index in [0.717, 1.165) is 27.7 Å². The van der Waals surface area contributed by atoms with Crippen LogP contribution in [-0.2, 0) is 5.75 Å². The van der Waals surface area contributed by atoms with Gasteiger partial charge in [-0.2, -0.15) is 5.10 Å². The normalized spacial score (nSPS) is 10.9. The van der Waals surface area contributed by atoms with Crippen LogP contribution >= 0.6 is 23.1 Å². The molecule has 0 radical (unpaired) electrons. The molecule has 0 saturated carbocycles. The van der Waals surface area contributed by atoms with Crippen LogP contribution in [0.3, 0.4) is 0 Å². The van der Waals surface area contributed by atoms with E-state index < -0.39 is 0 Å². The quantitative estimate of drug-likeness (QED) is 0.373. The van der Waals surface area contributed by atoms with Crippen molar-refractivity contribution >= 4 is 40.3 Å². The van der Waals surface area contributed by atoms with E-state index in [-0.39, 0.29) is 0 Å². The smallest absolute Gasteiger partial charge is 0.205 e. The summed E-state index contributed by atoms with van der Waals surface area (Å²) in [6.45, 7) is 0. The Balaban J connectivity index is 1.68. The Morgan fingerprint density at radius 3 is 3.00 bits per heavy atom. The molecule has 128 valence electrons. The molecular formula is C17H17N5OS2. The summed E-state index contributed by atoms with van der Waals surface area (Å²) in [6.07, 6.45) is 3.53. The van der Waals surface area contributed by atoms with E-state index in [0.29, 0.717) is 10.9 Å². The molecule has 0 atom stereocenters. The minimum atomic E-state index is 0.487. The fraction of sp³-hybridized carbons (Fsp3) is 0.118. The van der Waals surface area contributed by atoms with Crippen LogP contribution in [0.1, 0.15) is 11.1 Å². The van der Waals surface area contributed by atoms with Crippen LogP contribution in [0.4, 0.5) is 10.9 Å². The maximum absolute atomic E-state index is 5.58. The number of thiazole rings is 1. The Hall–Kier alpha value is -2.58. The lowest BCUT2D eigenvalue weighted by Gasteiger charge is -2.09. The van der Waals surface area contributed by atoms with Crippen LogP contribution < -0.4 is 15.9 Å². The number of benzene rings is 1. The van der Waals surface area contributed by atoms with E-state index in [1.165, 1.54) is 11.3 Å². The van der Waals surface area contributed by atoms with Crippen molar-refractivity contribution < 1.29 is 4.74 Å². The zero-order valence-corrected chi connectivity index (χ0v) is 15.2. The highest BCUT2D eigenvalue weighted by Gasteiger charge is 2.05. The number of nitrogens with zero attached hydrogens (tertiary/aromatic N) is 3. The van der Waals surface area contributed by atoms with Crippen molar-refractivity contribution in [3.05, 3.63) is 59.1 Å². The van der Waals surface area contributed by atoms with Gasteiger partial charge < -0.3 is 10.5 Å². The summed E-state index contributed by atoms with van der Waals surface area (Å²) in [6, 6.07) is 11.8. The largest absolute Gasteiger partial charge is 0.496 e. The molecule has 0 fully saturated rings. The first-order valence-electron chi connectivity index (χ1n) is 7.45. The summed E-state index contributed by atoms with van der Waals surface area (Å²) in [5.74, 6) is 2.10. The van der Waals surface area contributed by atoms with E-state index >= 15 is 0 Å². The van der Waals surface area contributed by atoms with Gasteiger partial charge in [-0.15, -0.1) is 23.1 Å². The summed E-state index contributed by atoms with van der Waals surface area (Å²) in [7, 11) is 1.67. The average Bonchev–Trinajstić information content (AvgIpc) is 3.06. The minimum absolute atomic E-state index is 0.487. The molecule has 0 aliphatic heterocycles. The Labute approximate surface area is 154 Å². The fourth-order valence-electron chi connectivity index (χ4n) is 2.08. The second-order valence-electron chi connectivity index (χ2n) is 4.98. The van der Waals surface area contributed by atoms with Gasteiger partial charge in [0, 0.05) is 22.9 Å². The number of anilines is 2. The molecule has 3 aromatic rings. The number of thioether (sulfide) groups is 1. The number of nitrogens with two attached hydrogens (primary N) is 1. The van der Waals surface area contributed by atoms with Gasteiger partial charge in [0.1, 0.15) is 11.6 Å². The van der Waals surface area contributed by atoms with Crippen molar-refractivity contribution in [3.8, 4) is 5.75 Å². The Morgan fingerprint density at radius 1 is 1.36 bits per heavy atom. The number of rotatable bonds is 7. The Morgan fingerprint density at radius 2 is 2.28 bits per heavy atom. The van der Waals surface area contributed by atoms with Crippen molar-refractivity contribution in [2.75, 3.05) is 18.3 Å². The molecular weight excluding hydrogens is 354 g/mol. The molecule has 0 saturated heterocycles. The number of nitrogen functional groups attached to an aromatic ring is 1. The third-order valence-electron chi connectivity index (χ3n) is 3.21. The number of aromatic nitrogens is 2. The number of pyridine rings is 1. The van der Waals surface area contributed by atoms with Crippen LogP contribution in [0.2, 0.25) is 0 Å². The molecule has 3 N–H and O–H groups in total. The summed E-state index contributed by atoms with van der Waals surface area (Å²) in [5.41, 5.74) is 10.5. The molecule has 0 aliphatic carbocycles. The van der Waals surface area contributed by atoms with Gasteiger partial charge in [-0.25, -0.2) is 9.97 Å². The summed E-state index contributed by atoms with van der Waals surface area (Å²) in [4.78, 5) is 8.42. The SMILES string of the molecule is COc1ccc(C=NNc2nc(N)cs2)cc1CSc1ccccn1. The van der Waals surface area contributed by atoms with Gasteiger partial charge in [-0.05, 0) is 35.9 Å². The van der Waals surface area contributed by atoms with Crippen molar-refractivity contribution in [1.82, 2.24) is 9.97 Å². The number of hydrogen-bond donors (Lipinski definition) is 2. The highest BCUT2D eigenvalue weighted by molar-refractivity contribution is 7.98. The van der Waals surface area contributed by atoms with Crippen LogP contribution in [0, 0.1) is 0 Å². The zero-order valence-electron chi connectivity index (χ0n) is 13.5. The molecule has 8 heteroatoms. The molecule has 3 rings (SSSR count). The first kappa shape index (κ1) is 17.2. The van der Waals surface area contributed by atoms with Gasteiger partial charge in [0.05, 0.1) is 18.4 Å². The van der Waals surface area contributed by atoms with Gasteiger partial charge in [0.25, 0.3) is 0 Å². The number of methoxy groups -OCH3 is 1. The molecule has 25 heavy (non-hydrogen) atoms. The standard InChI is InChI=1S/C17H17N5OS2/c1-23-14-6-5-12(9-20-22-17-21-15(18)11-25-17)8-13(14)10-24-16-4-2-3-7-19-16/h2-9,11H,10,18H2,1H3,(H,21,22). The van der Waals surface area contributed by atoms with Crippen LogP contribution in [0.25, 0.3) is 0 Å². The van der Waals surface area contributed by atoms with Crippen molar-refractivity contribution in [1.29, 1.82) is 0 Å². The maximum atomic E-state index is 5.58. The van der Waals surface area contributed by atoms with Gasteiger partial charge in [0.15, 0.2) is 0 Å². The van der Waals surface area contributed by atoms with E-state index in [4.69, 9.17) is 10.5 Å². The predicted octanol–water partition coefficient (Wildman–Crippen LogP) is 3.87. The van der Waals surface area contributed by atoms with E-state index in [9.17, 15) is 0 Å². The fourth-order valence-corrected chi connectivity index (χ4v) is 3.46. The van der Waals surface area contributed by atoms with E-state index in [1.807, 2.05) is 30.3 Å². The third-order valence-corrected chi connectivity index (χ3v) is 4.97. The first-order valence-corrected chi connectivity index (χ1v) is 9.32. The molecule has 6 nitrogen and oxygen atoms in total. The third kappa shape index (κ3) is 4.94. The predicted molar refractivity (Wildman–Crippen MR) is 105 cm³/mol. The average molecular weight is 371 g/mol. The minimum Gasteiger partial charge on any atom is -0.496 e. The van der Waals surface area contributed by atoms with E-state index in [1.54, 1.807) is 36.7 Å². The number of hydrazone groups is 1. The van der Waals surface area contributed by atoms with Crippen LogP contribution in [0.5, 0.6) is 5.75 Å². The van der Waals surface area contributed by atoms with Crippen LogP contribution in [-0.4, -0.2) is 23.3 Å². The van der Waals surface area contributed by atoms with Crippen molar-refractivity contribution in [3.63, 3.8) is 0 Å². The molecule has 2 heterocycles. The summed E-state index contributed by atoms with van der Waals surface area (Å²) < 4.78 is 5.45. The number of ether oxygens (including phenoxy) is 1. The molecule has 0 bridgehead atoms. The van der Waals surface area contributed by atoms with Crippen molar-refractivity contribution in [2.45, 2.75) is 10.8 Å². The second kappa shape index (κ2) is 8.50.